The standard InChI is InChI=1S/C12H22N2O2/c15-12(14-8-6-13-7-9-14)5-4-11-3-1-2-10-16-11/h11,13H,1-10H2. The lowest BCUT2D eigenvalue weighted by Gasteiger charge is -2.28. The van der Waals surface area contributed by atoms with Crippen LogP contribution in [0.25, 0.3) is 0 Å². The molecule has 0 saturated carbocycles. The van der Waals surface area contributed by atoms with E-state index in [1.165, 1.54) is 12.8 Å². The van der Waals surface area contributed by atoms with Crippen molar-refractivity contribution >= 4 is 5.91 Å². The Balaban J connectivity index is 1.65. The number of nitrogens with one attached hydrogen (secondary N) is 1. The molecule has 4 heteroatoms. The van der Waals surface area contributed by atoms with Crippen LogP contribution in [-0.2, 0) is 9.53 Å². The van der Waals surface area contributed by atoms with Gasteiger partial charge in [-0.05, 0) is 25.7 Å². The third-order valence-corrected chi connectivity index (χ3v) is 3.42. The fraction of sp³-hybridized carbons (Fsp3) is 0.917. The van der Waals surface area contributed by atoms with Crippen molar-refractivity contribution in [3.63, 3.8) is 0 Å². The number of carbonyl (C=O) groups is 1. The second-order valence-electron chi connectivity index (χ2n) is 4.66. The van der Waals surface area contributed by atoms with E-state index in [0.29, 0.717) is 18.4 Å². The molecule has 2 saturated heterocycles. The minimum atomic E-state index is 0.302. The van der Waals surface area contributed by atoms with Crippen molar-refractivity contribution in [2.75, 3.05) is 32.8 Å². The molecule has 2 aliphatic heterocycles. The summed E-state index contributed by atoms with van der Waals surface area (Å²) in [6, 6.07) is 0. The van der Waals surface area contributed by atoms with Crippen LogP contribution in [0.5, 0.6) is 0 Å². The lowest BCUT2D eigenvalue weighted by Crippen LogP contribution is -2.46. The summed E-state index contributed by atoms with van der Waals surface area (Å²) in [6.07, 6.45) is 5.47. The summed E-state index contributed by atoms with van der Waals surface area (Å²) in [5.74, 6) is 0.302. The zero-order valence-corrected chi connectivity index (χ0v) is 9.91. The molecular weight excluding hydrogens is 204 g/mol. The molecule has 0 aromatic rings. The molecule has 92 valence electrons. The van der Waals surface area contributed by atoms with E-state index in [0.717, 1.165) is 45.6 Å². The SMILES string of the molecule is O=C(CCC1CCCCO1)N1CCNCC1. The van der Waals surface area contributed by atoms with E-state index >= 15 is 0 Å². The monoisotopic (exact) mass is 226 g/mol. The van der Waals surface area contributed by atoms with Gasteiger partial charge in [0.25, 0.3) is 0 Å². The molecule has 0 radical (unpaired) electrons. The quantitative estimate of drug-likeness (QED) is 0.773. The van der Waals surface area contributed by atoms with Crippen LogP contribution in [0.1, 0.15) is 32.1 Å². The highest BCUT2D eigenvalue weighted by Crippen LogP contribution is 2.17. The number of nitrogens with zero attached hydrogens (tertiary/aromatic N) is 1. The molecule has 0 aromatic heterocycles. The van der Waals surface area contributed by atoms with E-state index in [2.05, 4.69) is 5.32 Å². The van der Waals surface area contributed by atoms with Crippen molar-refractivity contribution in [3.05, 3.63) is 0 Å². The first-order chi connectivity index (χ1) is 7.86. The highest BCUT2D eigenvalue weighted by molar-refractivity contribution is 5.76. The molecular formula is C12H22N2O2. The fourth-order valence-corrected chi connectivity index (χ4v) is 2.39. The number of hydrogen-bond acceptors (Lipinski definition) is 3. The Morgan fingerprint density at radius 2 is 2.12 bits per heavy atom. The van der Waals surface area contributed by atoms with Gasteiger partial charge >= 0.3 is 0 Å². The first-order valence-corrected chi connectivity index (χ1v) is 6.46. The molecule has 2 fully saturated rings. The van der Waals surface area contributed by atoms with E-state index in [9.17, 15) is 4.79 Å². The molecule has 2 aliphatic rings. The van der Waals surface area contributed by atoms with Crippen molar-refractivity contribution in [2.45, 2.75) is 38.2 Å². The van der Waals surface area contributed by atoms with Gasteiger partial charge in [-0.1, -0.05) is 0 Å². The molecule has 1 atom stereocenters. The van der Waals surface area contributed by atoms with Crippen molar-refractivity contribution in [3.8, 4) is 0 Å². The van der Waals surface area contributed by atoms with Gasteiger partial charge in [0.05, 0.1) is 6.10 Å². The van der Waals surface area contributed by atoms with Crippen LogP contribution in [-0.4, -0.2) is 49.7 Å². The lowest BCUT2D eigenvalue weighted by atomic mass is 10.0. The van der Waals surface area contributed by atoms with Crippen LogP contribution in [0.3, 0.4) is 0 Å². The van der Waals surface area contributed by atoms with Gasteiger partial charge in [0.2, 0.25) is 5.91 Å². The number of amides is 1. The Labute approximate surface area is 97.3 Å². The van der Waals surface area contributed by atoms with Crippen LogP contribution in [0, 0.1) is 0 Å². The minimum Gasteiger partial charge on any atom is -0.378 e. The second-order valence-corrected chi connectivity index (χ2v) is 4.66. The average molecular weight is 226 g/mol. The predicted molar refractivity (Wildman–Crippen MR) is 62.3 cm³/mol. The maximum absolute atomic E-state index is 11.9. The van der Waals surface area contributed by atoms with E-state index in [-0.39, 0.29) is 0 Å². The van der Waals surface area contributed by atoms with Crippen LogP contribution < -0.4 is 5.32 Å². The van der Waals surface area contributed by atoms with E-state index in [4.69, 9.17) is 4.74 Å². The maximum atomic E-state index is 11.9. The summed E-state index contributed by atoms with van der Waals surface area (Å²) in [5, 5.41) is 3.26. The molecule has 1 amide bonds. The van der Waals surface area contributed by atoms with E-state index < -0.39 is 0 Å². The van der Waals surface area contributed by atoms with Gasteiger partial charge < -0.3 is 15.0 Å². The van der Waals surface area contributed by atoms with Crippen LogP contribution in [0.4, 0.5) is 0 Å². The van der Waals surface area contributed by atoms with Gasteiger partial charge in [0, 0.05) is 39.2 Å². The number of hydrogen-bond donors (Lipinski definition) is 1. The number of carbonyl (C=O) groups excluding carboxylic acids is 1. The first-order valence-electron chi connectivity index (χ1n) is 6.46. The van der Waals surface area contributed by atoms with Gasteiger partial charge in [-0.15, -0.1) is 0 Å². The van der Waals surface area contributed by atoms with E-state index in [1.54, 1.807) is 0 Å². The lowest BCUT2D eigenvalue weighted by molar-refractivity contribution is -0.132. The molecule has 2 rings (SSSR count). The Kier molecular flexibility index (Phi) is 4.60. The van der Waals surface area contributed by atoms with Gasteiger partial charge in [0.1, 0.15) is 0 Å². The van der Waals surface area contributed by atoms with Crippen molar-refractivity contribution in [1.29, 1.82) is 0 Å². The fourth-order valence-electron chi connectivity index (χ4n) is 2.39. The van der Waals surface area contributed by atoms with Crippen LogP contribution >= 0.6 is 0 Å². The topological polar surface area (TPSA) is 41.6 Å². The third kappa shape index (κ3) is 3.46. The maximum Gasteiger partial charge on any atom is 0.222 e. The van der Waals surface area contributed by atoms with Crippen molar-refractivity contribution < 1.29 is 9.53 Å². The van der Waals surface area contributed by atoms with Gasteiger partial charge in [-0.25, -0.2) is 0 Å². The zero-order chi connectivity index (χ0) is 11.2. The highest BCUT2D eigenvalue weighted by atomic mass is 16.5. The Morgan fingerprint density at radius 3 is 2.81 bits per heavy atom. The summed E-state index contributed by atoms with van der Waals surface area (Å²) >= 11 is 0. The zero-order valence-electron chi connectivity index (χ0n) is 9.91. The Bertz CT molecular complexity index is 221. The number of rotatable bonds is 3. The molecule has 16 heavy (non-hydrogen) atoms. The van der Waals surface area contributed by atoms with Crippen molar-refractivity contribution in [2.24, 2.45) is 0 Å². The third-order valence-electron chi connectivity index (χ3n) is 3.42. The predicted octanol–water partition coefficient (Wildman–Crippen LogP) is 0.767. The van der Waals surface area contributed by atoms with Crippen LogP contribution in [0.15, 0.2) is 0 Å². The van der Waals surface area contributed by atoms with E-state index in [1.807, 2.05) is 4.90 Å². The molecule has 0 bridgehead atoms. The Hall–Kier alpha value is -0.610. The molecule has 4 nitrogen and oxygen atoms in total. The largest absolute Gasteiger partial charge is 0.378 e. The summed E-state index contributed by atoms with van der Waals surface area (Å²) in [4.78, 5) is 13.9. The summed E-state index contributed by atoms with van der Waals surface area (Å²) in [6.45, 7) is 4.48. The van der Waals surface area contributed by atoms with Gasteiger partial charge in [-0.2, -0.15) is 0 Å². The first kappa shape index (κ1) is 11.9. The minimum absolute atomic E-state index is 0.302. The number of ether oxygens (including phenoxy) is 1. The molecule has 1 N–H and O–H groups in total. The summed E-state index contributed by atoms with van der Waals surface area (Å²) in [5.41, 5.74) is 0. The molecule has 2 heterocycles. The average Bonchev–Trinajstić information content (AvgIpc) is 2.38. The molecule has 0 spiro atoms. The molecule has 0 aromatic carbocycles. The summed E-state index contributed by atoms with van der Waals surface area (Å²) in [7, 11) is 0. The summed E-state index contributed by atoms with van der Waals surface area (Å²) < 4.78 is 5.63. The van der Waals surface area contributed by atoms with Crippen molar-refractivity contribution in [1.82, 2.24) is 10.2 Å². The van der Waals surface area contributed by atoms with Crippen LogP contribution in [0.2, 0.25) is 0 Å². The normalized spacial score (nSPS) is 26.8. The smallest absolute Gasteiger partial charge is 0.222 e. The van der Waals surface area contributed by atoms with Gasteiger partial charge in [0.15, 0.2) is 0 Å². The van der Waals surface area contributed by atoms with Gasteiger partial charge in [-0.3, -0.25) is 4.79 Å². The Morgan fingerprint density at radius 1 is 1.31 bits per heavy atom. The molecule has 0 aliphatic carbocycles. The molecule has 1 unspecified atom stereocenters. The number of piperazine rings is 1. The highest BCUT2D eigenvalue weighted by Gasteiger charge is 2.19. The second kappa shape index (κ2) is 6.21.